The van der Waals surface area contributed by atoms with Crippen LogP contribution >= 0.6 is 0 Å². The summed E-state index contributed by atoms with van der Waals surface area (Å²) in [6.45, 7) is 8.75. The van der Waals surface area contributed by atoms with Crippen LogP contribution in [0.2, 0.25) is 0 Å². The van der Waals surface area contributed by atoms with Gasteiger partial charge in [0.25, 0.3) is 0 Å². The van der Waals surface area contributed by atoms with Crippen molar-refractivity contribution in [3.05, 3.63) is 113 Å². The van der Waals surface area contributed by atoms with Crippen molar-refractivity contribution in [3.63, 3.8) is 0 Å². The normalized spacial score (nSPS) is 11.1. The Kier molecular flexibility index (Phi) is 12.7. The molecule has 3 heteroatoms. The summed E-state index contributed by atoms with van der Waals surface area (Å²) in [5.74, 6) is 0.787. The van der Waals surface area contributed by atoms with Gasteiger partial charge >= 0.3 is 0 Å². The summed E-state index contributed by atoms with van der Waals surface area (Å²) in [4.78, 5) is 0. The van der Waals surface area contributed by atoms with Gasteiger partial charge in [0.1, 0.15) is 11.6 Å². The lowest BCUT2D eigenvalue weighted by Crippen LogP contribution is -2.02. The largest absolute Gasteiger partial charge is 0.493 e. The molecule has 42 heavy (non-hydrogen) atoms. The molecule has 0 atom stereocenters. The molecule has 0 aliphatic heterocycles. The number of benzene rings is 4. The highest BCUT2D eigenvalue weighted by molar-refractivity contribution is 5.74. The fraction of sp³-hybridized carbons (Fsp3) is 0.385. The molecule has 0 amide bonds. The Morgan fingerprint density at radius 1 is 0.595 bits per heavy atom. The molecule has 0 heterocycles. The van der Waals surface area contributed by atoms with Gasteiger partial charge in [-0.25, -0.2) is 4.39 Å². The molecular weight excluding hydrogens is 519 g/mol. The number of aryl methyl sites for hydroxylation is 3. The second kappa shape index (κ2) is 16.9. The van der Waals surface area contributed by atoms with Crippen molar-refractivity contribution < 1.29 is 13.9 Å². The summed E-state index contributed by atoms with van der Waals surface area (Å²) in [6.07, 6.45) is 9.82. The Labute approximate surface area is 252 Å². The van der Waals surface area contributed by atoms with Crippen molar-refractivity contribution in [2.75, 3.05) is 19.8 Å². The minimum atomic E-state index is -0.188. The molecule has 0 aliphatic carbocycles. The van der Waals surface area contributed by atoms with E-state index in [1.54, 1.807) is 6.07 Å². The van der Waals surface area contributed by atoms with Crippen molar-refractivity contribution in [1.29, 1.82) is 0 Å². The molecule has 0 unspecified atom stereocenters. The van der Waals surface area contributed by atoms with Crippen LogP contribution in [-0.4, -0.2) is 19.8 Å². The van der Waals surface area contributed by atoms with E-state index in [2.05, 4.69) is 56.3 Å². The van der Waals surface area contributed by atoms with E-state index in [9.17, 15) is 0 Å². The highest BCUT2D eigenvalue weighted by Gasteiger charge is 2.14. The van der Waals surface area contributed by atoms with Crippen LogP contribution in [0.1, 0.15) is 74.6 Å². The van der Waals surface area contributed by atoms with E-state index >= 15 is 4.39 Å². The number of rotatable bonds is 17. The number of halogens is 1. The van der Waals surface area contributed by atoms with Gasteiger partial charge in [-0.2, -0.15) is 0 Å². The Morgan fingerprint density at radius 2 is 1.26 bits per heavy atom. The van der Waals surface area contributed by atoms with Gasteiger partial charge in [0.05, 0.1) is 13.2 Å². The van der Waals surface area contributed by atoms with Crippen LogP contribution in [0.15, 0.2) is 84.9 Å². The highest BCUT2D eigenvalue weighted by atomic mass is 19.1. The lowest BCUT2D eigenvalue weighted by atomic mass is 9.92. The number of hydrogen-bond donors (Lipinski definition) is 0. The molecule has 0 aliphatic rings. The maximum absolute atomic E-state index is 15.2. The Morgan fingerprint density at radius 3 is 1.95 bits per heavy atom. The third-order valence-corrected chi connectivity index (χ3v) is 8.01. The van der Waals surface area contributed by atoms with Crippen LogP contribution < -0.4 is 4.74 Å². The molecule has 4 rings (SSSR count). The topological polar surface area (TPSA) is 18.5 Å². The van der Waals surface area contributed by atoms with E-state index in [0.717, 1.165) is 74.4 Å². The average Bonchev–Trinajstić information content (AvgIpc) is 3.02. The van der Waals surface area contributed by atoms with Gasteiger partial charge < -0.3 is 9.47 Å². The maximum Gasteiger partial charge on any atom is 0.131 e. The summed E-state index contributed by atoms with van der Waals surface area (Å²) in [7, 11) is 0. The molecular formula is C39H47FO2. The molecule has 2 nitrogen and oxygen atoms in total. The average molecular weight is 567 g/mol. The third kappa shape index (κ3) is 9.29. The second-order valence-electron chi connectivity index (χ2n) is 11.2. The molecule has 0 N–H and O–H groups in total. The zero-order valence-electron chi connectivity index (χ0n) is 25.8. The standard InChI is InChI=1S/C39H47FO2/c1-4-32-29-39(42-25-14-9-7-6-8-13-24-41-26-23-31-15-11-10-12-16-31)33(5-2)27-37(32)35-21-22-36(38(40)28-35)34-19-17-30(3)18-20-34/h10-12,15-22,27-29H,4-9,13-14,23-26H2,1-3H3. The molecule has 0 aromatic heterocycles. The van der Waals surface area contributed by atoms with Crippen LogP contribution in [-0.2, 0) is 24.0 Å². The van der Waals surface area contributed by atoms with Crippen LogP contribution in [0.5, 0.6) is 5.75 Å². The molecule has 0 bridgehead atoms. The molecule has 222 valence electrons. The van der Waals surface area contributed by atoms with E-state index in [-0.39, 0.29) is 5.82 Å². The Balaban J connectivity index is 1.21. The van der Waals surface area contributed by atoms with Crippen molar-refractivity contribution in [3.8, 4) is 28.0 Å². The van der Waals surface area contributed by atoms with Gasteiger partial charge in [0, 0.05) is 12.2 Å². The number of ether oxygens (including phenoxy) is 2. The summed E-state index contributed by atoms with van der Waals surface area (Å²) >= 11 is 0. The van der Waals surface area contributed by atoms with E-state index < -0.39 is 0 Å². The smallest absolute Gasteiger partial charge is 0.131 e. The fourth-order valence-electron chi connectivity index (χ4n) is 5.42. The first-order valence-electron chi connectivity index (χ1n) is 15.9. The Hall–Kier alpha value is -3.43. The first-order chi connectivity index (χ1) is 20.6. The zero-order chi connectivity index (χ0) is 29.6. The third-order valence-electron chi connectivity index (χ3n) is 8.01. The van der Waals surface area contributed by atoms with E-state index in [1.165, 1.54) is 47.9 Å². The van der Waals surface area contributed by atoms with Crippen molar-refractivity contribution in [1.82, 2.24) is 0 Å². The minimum absolute atomic E-state index is 0.188. The van der Waals surface area contributed by atoms with Gasteiger partial charge in [0.2, 0.25) is 0 Å². The van der Waals surface area contributed by atoms with Gasteiger partial charge in [-0.15, -0.1) is 0 Å². The fourth-order valence-corrected chi connectivity index (χ4v) is 5.42. The van der Waals surface area contributed by atoms with E-state index in [1.807, 2.05) is 43.3 Å². The van der Waals surface area contributed by atoms with Crippen LogP contribution in [0.4, 0.5) is 4.39 Å². The first-order valence-corrected chi connectivity index (χ1v) is 15.9. The van der Waals surface area contributed by atoms with Crippen LogP contribution in [0.3, 0.4) is 0 Å². The van der Waals surface area contributed by atoms with Crippen molar-refractivity contribution >= 4 is 0 Å². The Bertz CT molecular complexity index is 1360. The minimum Gasteiger partial charge on any atom is -0.493 e. The van der Waals surface area contributed by atoms with Crippen LogP contribution in [0, 0.1) is 12.7 Å². The van der Waals surface area contributed by atoms with Crippen molar-refractivity contribution in [2.45, 2.75) is 78.6 Å². The summed E-state index contributed by atoms with van der Waals surface area (Å²) in [5, 5.41) is 0. The highest BCUT2D eigenvalue weighted by Crippen LogP contribution is 2.34. The first kappa shape index (κ1) is 31.5. The zero-order valence-corrected chi connectivity index (χ0v) is 25.8. The van der Waals surface area contributed by atoms with Gasteiger partial charge in [-0.1, -0.05) is 112 Å². The van der Waals surface area contributed by atoms with Crippen molar-refractivity contribution in [2.24, 2.45) is 0 Å². The maximum atomic E-state index is 15.2. The molecule has 0 saturated heterocycles. The van der Waals surface area contributed by atoms with Gasteiger partial charge in [-0.05, 0) is 90.6 Å². The van der Waals surface area contributed by atoms with E-state index in [0.29, 0.717) is 5.56 Å². The summed E-state index contributed by atoms with van der Waals surface area (Å²) < 4.78 is 27.3. The van der Waals surface area contributed by atoms with Crippen LogP contribution in [0.25, 0.3) is 22.3 Å². The summed E-state index contributed by atoms with van der Waals surface area (Å²) in [6, 6.07) is 28.6. The van der Waals surface area contributed by atoms with E-state index in [4.69, 9.17) is 9.47 Å². The molecule has 0 fully saturated rings. The van der Waals surface area contributed by atoms with Gasteiger partial charge in [-0.3, -0.25) is 0 Å². The number of unbranched alkanes of at least 4 members (excludes halogenated alkanes) is 5. The molecule has 0 spiro atoms. The quantitative estimate of drug-likeness (QED) is 0.118. The summed E-state index contributed by atoms with van der Waals surface area (Å²) in [5.41, 5.74) is 8.44. The predicted octanol–water partition coefficient (Wildman–Crippen LogP) is 10.6. The SMILES string of the molecule is CCc1cc(-c2ccc(-c3ccc(C)cc3)c(F)c2)c(CC)cc1OCCCCCCCCOCCc1ccccc1. The molecule has 4 aromatic carbocycles. The number of hydrogen-bond acceptors (Lipinski definition) is 2. The molecule has 0 radical (unpaired) electrons. The molecule has 4 aromatic rings. The molecule has 0 saturated carbocycles. The van der Waals surface area contributed by atoms with Gasteiger partial charge in [0.15, 0.2) is 0 Å². The predicted molar refractivity (Wildman–Crippen MR) is 175 cm³/mol. The monoisotopic (exact) mass is 566 g/mol. The lowest BCUT2D eigenvalue weighted by Gasteiger charge is -2.17. The lowest BCUT2D eigenvalue weighted by molar-refractivity contribution is 0.132. The second-order valence-corrected chi connectivity index (χ2v) is 11.2.